The lowest BCUT2D eigenvalue weighted by molar-refractivity contribution is -0.141. The standard InChI is InChI=1S/C23H21N7O2/c1-28-12-19(11-26-28)17-7-20(22-18(8-24)10-27-30(22)14-17)15-4-5-21(25-9-15)29-6-2-3-16(13-29)23(31)32/h4-5,7,9-12,14,16H,2-3,6,13H2,1H3,(H,31,32). The summed E-state index contributed by atoms with van der Waals surface area (Å²) < 4.78 is 3.45. The van der Waals surface area contributed by atoms with Gasteiger partial charge in [-0.15, -0.1) is 0 Å². The number of carboxylic acids is 1. The summed E-state index contributed by atoms with van der Waals surface area (Å²) in [5, 5.41) is 27.6. The van der Waals surface area contributed by atoms with Crippen LogP contribution in [0.2, 0.25) is 0 Å². The summed E-state index contributed by atoms with van der Waals surface area (Å²) in [6.07, 6.45) is 10.5. The Morgan fingerprint density at radius 1 is 1.16 bits per heavy atom. The third-order valence-corrected chi connectivity index (χ3v) is 5.92. The van der Waals surface area contributed by atoms with Gasteiger partial charge in [-0.2, -0.15) is 15.5 Å². The van der Waals surface area contributed by atoms with Gasteiger partial charge < -0.3 is 10.0 Å². The second-order valence-electron chi connectivity index (χ2n) is 8.04. The molecule has 1 aliphatic heterocycles. The molecule has 5 heterocycles. The number of nitrogens with zero attached hydrogens (tertiary/aromatic N) is 7. The molecule has 0 amide bonds. The summed E-state index contributed by atoms with van der Waals surface area (Å²) in [5.74, 6) is -0.371. The topological polar surface area (TPSA) is 112 Å². The highest BCUT2D eigenvalue weighted by Gasteiger charge is 2.26. The summed E-state index contributed by atoms with van der Waals surface area (Å²) in [5.41, 5.74) is 4.79. The highest BCUT2D eigenvalue weighted by Crippen LogP contribution is 2.32. The Balaban J connectivity index is 1.56. The smallest absolute Gasteiger partial charge is 0.308 e. The monoisotopic (exact) mass is 427 g/mol. The zero-order valence-corrected chi connectivity index (χ0v) is 17.5. The third-order valence-electron chi connectivity index (χ3n) is 5.92. The Bertz CT molecular complexity index is 1350. The van der Waals surface area contributed by atoms with Gasteiger partial charge in [-0.1, -0.05) is 0 Å². The van der Waals surface area contributed by atoms with Crippen molar-refractivity contribution in [2.45, 2.75) is 12.8 Å². The molecule has 4 aromatic heterocycles. The quantitative estimate of drug-likeness (QED) is 0.533. The Hall–Kier alpha value is -4.19. The molecule has 4 aromatic rings. The van der Waals surface area contributed by atoms with Gasteiger partial charge in [-0.25, -0.2) is 9.50 Å². The molecule has 1 saturated heterocycles. The van der Waals surface area contributed by atoms with Crippen LogP contribution in [0, 0.1) is 17.2 Å². The van der Waals surface area contributed by atoms with Gasteiger partial charge in [-0.05, 0) is 31.0 Å². The molecule has 9 heteroatoms. The second-order valence-corrected chi connectivity index (χ2v) is 8.04. The van der Waals surface area contributed by atoms with Gasteiger partial charge in [0.25, 0.3) is 0 Å². The Morgan fingerprint density at radius 3 is 2.72 bits per heavy atom. The molecule has 1 N–H and O–H groups in total. The van der Waals surface area contributed by atoms with Crippen molar-refractivity contribution in [2.24, 2.45) is 13.0 Å². The Labute approximate surface area is 184 Å². The van der Waals surface area contributed by atoms with Crippen LogP contribution in [0.4, 0.5) is 5.82 Å². The van der Waals surface area contributed by atoms with Gasteiger partial charge in [0.1, 0.15) is 11.9 Å². The number of pyridine rings is 2. The predicted molar refractivity (Wildman–Crippen MR) is 118 cm³/mol. The maximum Gasteiger partial charge on any atom is 0.308 e. The van der Waals surface area contributed by atoms with Crippen molar-refractivity contribution in [3.63, 3.8) is 0 Å². The van der Waals surface area contributed by atoms with E-state index >= 15 is 0 Å². The van der Waals surface area contributed by atoms with E-state index < -0.39 is 5.97 Å². The molecule has 5 rings (SSSR count). The van der Waals surface area contributed by atoms with Crippen molar-refractivity contribution in [3.8, 4) is 28.3 Å². The number of rotatable bonds is 4. The van der Waals surface area contributed by atoms with Crippen molar-refractivity contribution in [1.82, 2.24) is 24.4 Å². The first kappa shape index (κ1) is 19.8. The summed E-state index contributed by atoms with van der Waals surface area (Å²) in [4.78, 5) is 18.0. The van der Waals surface area contributed by atoms with Gasteiger partial charge in [0, 0.05) is 61.0 Å². The normalized spacial score (nSPS) is 16.2. The van der Waals surface area contributed by atoms with E-state index in [2.05, 4.69) is 21.3 Å². The number of carbonyl (C=O) groups is 1. The van der Waals surface area contributed by atoms with E-state index in [9.17, 15) is 15.2 Å². The van der Waals surface area contributed by atoms with E-state index in [0.717, 1.165) is 46.6 Å². The van der Waals surface area contributed by atoms with E-state index in [4.69, 9.17) is 0 Å². The lowest BCUT2D eigenvalue weighted by Gasteiger charge is -2.31. The molecule has 1 aliphatic rings. The molecule has 0 aliphatic carbocycles. The van der Waals surface area contributed by atoms with E-state index in [-0.39, 0.29) is 5.92 Å². The summed E-state index contributed by atoms with van der Waals surface area (Å²) in [6.45, 7) is 1.25. The number of carboxylic acid groups (broad SMARTS) is 1. The van der Waals surface area contributed by atoms with Crippen LogP contribution in [0.15, 0.2) is 49.2 Å². The number of hydrogen-bond acceptors (Lipinski definition) is 6. The third kappa shape index (κ3) is 3.46. The van der Waals surface area contributed by atoms with E-state index in [1.807, 2.05) is 42.5 Å². The maximum atomic E-state index is 11.4. The maximum absolute atomic E-state index is 11.4. The van der Waals surface area contributed by atoms with E-state index in [1.54, 1.807) is 27.8 Å². The molecule has 0 spiro atoms. The second kappa shape index (κ2) is 7.81. The van der Waals surface area contributed by atoms with Gasteiger partial charge in [0.2, 0.25) is 0 Å². The summed E-state index contributed by atoms with van der Waals surface area (Å²) in [6, 6.07) is 8.11. The molecule has 9 nitrogen and oxygen atoms in total. The highest BCUT2D eigenvalue weighted by molar-refractivity contribution is 5.87. The first-order valence-corrected chi connectivity index (χ1v) is 10.4. The minimum atomic E-state index is -0.759. The molecular formula is C23H21N7O2. The van der Waals surface area contributed by atoms with Crippen LogP contribution in [-0.2, 0) is 11.8 Å². The van der Waals surface area contributed by atoms with Gasteiger partial charge in [0.15, 0.2) is 0 Å². The number of hydrogen-bond donors (Lipinski definition) is 1. The minimum absolute atomic E-state index is 0.369. The highest BCUT2D eigenvalue weighted by atomic mass is 16.4. The van der Waals surface area contributed by atoms with Crippen molar-refractivity contribution < 1.29 is 9.90 Å². The number of anilines is 1. The van der Waals surface area contributed by atoms with E-state index in [0.29, 0.717) is 18.5 Å². The fraction of sp³-hybridized carbons (Fsp3) is 0.261. The number of aliphatic carboxylic acids is 1. The molecule has 1 unspecified atom stereocenters. The zero-order valence-electron chi connectivity index (χ0n) is 17.5. The SMILES string of the molecule is Cn1cc(-c2cc(-c3ccc(N4CCCC(C(=O)O)C4)nc3)c3c(C#N)cnn3c2)cn1. The molecule has 160 valence electrons. The lowest BCUT2D eigenvalue weighted by Crippen LogP contribution is -2.39. The van der Waals surface area contributed by atoms with Crippen LogP contribution in [0.1, 0.15) is 18.4 Å². The largest absolute Gasteiger partial charge is 0.481 e. The molecular weight excluding hydrogens is 406 g/mol. The fourth-order valence-electron chi connectivity index (χ4n) is 4.27. The fourth-order valence-corrected chi connectivity index (χ4v) is 4.27. The minimum Gasteiger partial charge on any atom is -0.481 e. The van der Waals surface area contributed by atoms with Gasteiger partial charge in [0.05, 0.1) is 29.4 Å². The van der Waals surface area contributed by atoms with Crippen molar-refractivity contribution >= 4 is 17.3 Å². The van der Waals surface area contributed by atoms with Crippen molar-refractivity contribution in [1.29, 1.82) is 5.26 Å². The Morgan fingerprint density at radius 2 is 2.03 bits per heavy atom. The zero-order chi connectivity index (χ0) is 22.2. The van der Waals surface area contributed by atoms with Crippen LogP contribution >= 0.6 is 0 Å². The molecule has 0 aromatic carbocycles. The van der Waals surface area contributed by atoms with Crippen LogP contribution < -0.4 is 4.90 Å². The van der Waals surface area contributed by atoms with Gasteiger partial charge >= 0.3 is 5.97 Å². The van der Waals surface area contributed by atoms with Crippen molar-refractivity contribution in [2.75, 3.05) is 18.0 Å². The number of aromatic nitrogens is 5. The average molecular weight is 427 g/mol. The molecule has 0 radical (unpaired) electrons. The number of fused-ring (bicyclic) bond motifs is 1. The lowest BCUT2D eigenvalue weighted by atomic mass is 9.98. The number of aryl methyl sites for hydroxylation is 1. The Kier molecular flexibility index (Phi) is 4.82. The van der Waals surface area contributed by atoms with Crippen LogP contribution in [-0.4, -0.2) is 48.5 Å². The summed E-state index contributed by atoms with van der Waals surface area (Å²) >= 11 is 0. The average Bonchev–Trinajstić information content (AvgIpc) is 3.44. The van der Waals surface area contributed by atoms with Crippen LogP contribution in [0.3, 0.4) is 0 Å². The van der Waals surface area contributed by atoms with Crippen molar-refractivity contribution in [3.05, 3.63) is 54.7 Å². The molecule has 32 heavy (non-hydrogen) atoms. The predicted octanol–water partition coefficient (Wildman–Crippen LogP) is 2.97. The number of piperidine rings is 1. The first-order chi connectivity index (χ1) is 15.5. The molecule has 1 fully saturated rings. The number of nitriles is 1. The molecule has 0 saturated carbocycles. The van der Waals surface area contributed by atoms with Crippen LogP contribution in [0.5, 0.6) is 0 Å². The van der Waals surface area contributed by atoms with Gasteiger partial charge in [-0.3, -0.25) is 9.48 Å². The van der Waals surface area contributed by atoms with Crippen LogP contribution in [0.25, 0.3) is 27.8 Å². The molecule has 1 atom stereocenters. The molecule has 0 bridgehead atoms. The summed E-state index contributed by atoms with van der Waals surface area (Å²) in [7, 11) is 1.86. The first-order valence-electron chi connectivity index (χ1n) is 10.4. The van der Waals surface area contributed by atoms with E-state index in [1.165, 1.54) is 0 Å².